The molecule has 0 amide bonds. The molecule has 70 valence electrons. The van der Waals surface area contributed by atoms with Crippen LogP contribution >= 0.6 is 11.8 Å². The van der Waals surface area contributed by atoms with E-state index in [1.165, 1.54) is 16.1 Å². The first-order valence-corrected chi connectivity index (χ1v) is 5.63. The lowest BCUT2D eigenvalue weighted by Crippen LogP contribution is -2.14. The van der Waals surface area contributed by atoms with Gasteiger partial charge in [-0.25, -0.2) is 0 Å². The van der Waals surface area contributed by atoms with E-state index in [2.05, 4.69) is 18.7 Å². The summed E-state index contributed by atoms with van der Waals surface area (Å²) < 4.78 is 0. The van der Waals surface area contributed by atoms with Crippen molar-refractivity contribution in [3.63, 3.8) is 0 Å². The summed E-state index contributed by atoms with van der Waals surface area (Å²) in [5.74, 6) is 0. The van der Waals surface area contributed by atoms with E-state index in [4.69, 9.17) is 5.73 Å². The second-order valence-electron chi connectivity index (χ2n) is 3.64. The van der Waals surface area contributed by atoms with Crippen molar-refractivity contribution in [2.24, 2.45) is 5.73 Å². The molecule has 1 heterocycles. The number of hydrogen-bond acceptors (Lipinski definition) is 2. The third-order valence-electron chi connectivity index (χ3n) is 2.58. The van der Waals surface area contributed by atoms with Crippen molar-refractivity contribution in [3.8, 4) is 0 Å². The van der Waals surface area contributed by atoms with Gasteiger partial charge in [0.2, 0.25) is 0 Å². The number of allylic oxidation sites excluding steroid dienone is 4. The zero-order valence-electron chi connectivity index (χ0n) is 7.75. The Balaban J connectivity index is 2.17. The van der Waals surface area contributed by atoms with E-state index in [1.807, 2.05) is 11.8 Å². The molecule has 0 spiro atoms. The average molecular weight is 193 g/mol. The zero-order chi connectivity index (χ0) is 9.26. The molecule has 2 heteroatoms. The van der Waals surface area contributed by atoms with Crippen molar-refractivity contribution in [2.75, 3.05) is 0 Å². The minimum Gasteiger partial charge on any atom is -0.316 e. The number of hydrogen-bond donors (Lipinski definition) is 1. The third-order valence-corrected chi connectivity index (χ3v) is 3.76. The Hall–Kier alpha value is -0.470. The molecular formula is C11H15NS. The van der Waals surface area contributed by atoms with Crippen molar-refractivity contribution in [3.05, 3.63) is 34.8 Å². The first-order valence-electron chi connectivity index (χ1n) is 4.75. The van der Waals surface area contributed by atoms with Gasteiger partial charge in [0.05, 0.1) is 5.37 Å². The van der Waals surface area contributed by atoms with Crippen LogP contribution in [0.25, 0.3) is 0 Å². The highest BCUT2D eigenvalue weighted by atomic mass is 32.2. The molecule has 0 aromatic heterocycles. The minimum atomic E-state index is 0.171. The Morgan fingerprint density at radius 3 is 2.92 bits per heavy atom. The molecule has 1 unspecified atom stereocenters. The van der Waals surface area contributed by atoms with Crippen LogP contribution in [0.3, 0.4) is 0 Å². The Morgan fingerprint density at radius 1 is 1.31 bits per heavy atom. The minimum absolute atomic E-state index is 0.171. The van der Waals surface area contributed by atoms with E-state index < -0.39 is 0 Å². The van der Waals surface area contributed by atoms with Gasteiger partial charge in [0.1, 0.15) is 0 Å². The van der Waals surface area contributed by atoms with Crippen LogP contribution in [0.4, 0.5) is 0 Å². The molecule has 2 aliphatic rings. The monoisotopic (exact) mass is 193 g/mol. The highest BCUT2D eigenvalue weighted by molar-refractivity contribution is 8.03. The van der Waals surface area contributed by atoms with Crippen LogP contribution in [0.2, 0.25) is 0 Å². The van der Waals surface area contributed by atoms with Crippen LogP contribution in [0.1, 0.15) is 25.7 Å². The zero-order valence-corrected chi connectivity index (χ0v) is 8.57. The van der Waals surface area contributed by atoms with Gasteiger partial charge in [0.15, 0.2) is 0 Å². The van der Waals surface area contributed by atoms with Crippen molar-refractivity contribution in [2.45, 2.75) is 31.1 Å². The molecule has 0 aromatic carbocycles. The highest BCUT2D eigenvalue weighted by Gasteiger charge is 2.16. The summed E-state index contributed by atoms with van der Waals surface area (Å²) in [6.45, 7) is 4.06. The Bertz CT molecular complexity index is 288. The maximum absolute atomic E-state index is 5.85. The van der Waals surface area contributed by atoms with Gasteiger partial charge in [-0.1, -0.05) is 24.3 Å². The van der Waals surface area contributed by atoms with E-state index in [-0.39, 0.29) is 5.37 Å². The lowest BCUT2D eigenvalue weighted by atomic mass is 10.1. The second kappa shape index (κ2) is 3.72. The van der Waals surface area contributed by atoms with Crippen LogP contribution in [0.5, 0.6) is 0 Å². The molecule has 1 aliphatic carbocycles. The standard InChI is InChI=1S/C11H15NS/c1-8-2-4-9-5-7-11(12)13-10(9)6-3-8/h5,7,11H,1-4,6,12H2. The lowest BCUT2D eigenvalue weighted by molar-refractivity contribution is 0.896. The average Bonchev–Trinajstić information content (AvgIpc) is 2.29. The van der Waals surface area contributed by atoms with Crippen LogP contribution in [0, 0.1) is 0 Å². The lowest BCUT2D eigenvalue weighted by Gasteiger charge is -2.17. The summed E-state index contributed by atoms with van der Waals surface area (Å²) in [7, 11) is 0. The van der Waals surface area contributed by atoms with Gasteiger partial charge in [-0.05, 0) is 36.2 Å². The van der Waals surface area contributed by atoms with Crippen molar-refractivity contribution >= 4 is 11.8 Å². The Kier molecular flexibility index (Phi) is 2.61. The van der Waals surface area contributed by atoms with E-state index in [0.29, 0.717) is 0 Å². The van der Waals surface area contributed by atoms with Crippen molar-refractivity contribution in [1.82, 2.24) is 0 Å². The molecule has 2 rings (SSSR count). The molecule has 0 radical (unpaired) electrons. The Morgan fingerprint density at radius 2 is 2.08 bits per heavy atom. The molecule has 13 heavy (non-hydrogen) atoms. The molecule has 0 saturated carbocycles. The van der Waals surface area contributed by atoms with Gasteiger partial charge < -0.3 is 5.73 Å². The molecule has 1 aliphatic heterocycles. The molecule has 1 atom stereocenters. The molecule has 0 fully saturated rings. The molecule has 0 aromatic rings. The fraction of sp³-hybridized carbons (Fsp3) is 0.455. The SMILES string of the molecule is C=C1CCC2=C(CC1)SC(N)C=C2. The highest BCUT2D eigenvalue weighted by Crippen LogP contribution is 2.37. The maximum Gasteiger partial charge on any atom is 0.0740 e. The predicted octanol–water partition coefficient (Wildman–Crippen LogP) is 2.96. The number of nitrogens with two attached hydrogens (primary N) is 1. The van der Waals surface area contributed by atoms with Crippen molar-refractivity contribution in [1.29, 1.82) is 0 Å². The topological polar surface area (TPSA) is 26.0 Å². The van der Waals surface area contributed by atoms with E-state index in [9.17, 15) is 0 Å². The largest absolute Gasteiger partial charge is 0.316 e. The Labute approximate surface area is 83.8 Å². The van der Waals surface area contributed by atoms with Gasteiger partial charge in [-0.15, -0.1) is 11.8 Å². The fourth-order valence-electron chi connectivity index (χ4n) is 1.75. The molecule has 1 nitrogen and oxygen atoms in total. The van der Waals surface area contributed by atoms with Crippen LogP contribution < -0.4 is 5.73 Å². The molecule has 0 bridgehead atoms. The summed E-state index contributed by atoms with van der Waals surface area (Å²) in [6.07, 6.45) is 8.90. The normalized spacial score (nSPS) is 28.7. The number of thioether (sulfide) groups is 1. The van der Waals surface area contributed by atoms with Gasteiger partial charge in [0, 0.05) is 0 Å². The fourth-order valence-corrected chi connectivity index (χ4v) is 2.78. The maximum atomic E-state index is 5.85. The van der Waals surface area contributed by atoms with E-state index >= 15 is 0 Å². The third kappa shape index (κ3) is 2.06. The second-order valence-corrected chi connectivity index (χ2v) is 4.91. The summed E-state index contributed by atoms with van der Waals surface area (Å²) in [5, 5.41) is 0.171. The van der Waals surface area contributed by atoms with Gasteiger partial charge in [0.25, 0.3) is 0 Å². The predicted molar refractivity (Wildman–Crippen MR) is 59.3 cm³/mol. The summed E-state index contributed by atoms with van der Waals surface area (Å²) in [6, 6.07) is 0. The van der Waals surface area contributed by atoms with Crippen LogP contribution in [-0.4, -0.2) is 5.37 Å². The van der Waals surface area contributed by atoms with Crippen molar-refractivity contribution < 1.29 is 0 Å². The van der Waals surface area contributed by atoms with E-state index in [1.54, 1.807) is 0 Å². The van der Waals surface area contributed by atoms with Crippen LogP contribution in [0.15, 0.2) is 34.8 Å². The quantitative estimate of drug-likeness (QED) is 0.599. The molecule has 2 N–H and O–H groups in total. The first-order chi connectivity index (χ1) is 6.25. The van der Waals surface area contributed by atoms with Gasteiger partial charge in [-0.2, -0.15) is 0 Å². The van der Waals surface area contributed by atoms with Gasteiger partial charge >= 0.3 is 0 Å². The van der Waals surface area contributed by atoms with Gasteiger partial charge in [-0.3, -0.25) is 0 Å². The van der Waals surface area contributed by atoms with E-state index in [0.717, 1.165) is 25.7 Å². The molecule has 0 saturated heterocycles. The molecular weight excluding hydrogens is 178 g/mol. The summed E-state index contributed by atoms with van der Waals surface area (Å²) in [4.78, 5) is 1.49. The summed E-state index contributed by atoms with van der Waals surface area (Å²) in [5.41, 5.74) is 8.72. The van der Waals surface area contributed by atoms with Crippen LogP contribution in [-0.2, 0) is 0 Å². The first kappa shape index (κ1) is 9.10. The summed E-state index contributed by atoms with van der Waals surface area (Å²) >= 11 is 1.82. The number of rotatable bonds is 0. The smallest absolute Gasteiger partial charge is 0.0740 e.